The lowest BCUT2D eigenvalue weighted by Crippen LogP contribution is -2.41. The second-order valence-electron chi connectivity index (χ2n) is 7.00. The first kappa shape index (κ1) is 16.5. The summed E-state index contributed by atoms with van der Waals surface area (Å²) in [5.41, 5.74) is 3.32. The Morgan fingerprint density at radius 1 is 1.39 bits per heavy atom. The molecule has 3 rings (SSSR count). The highest BCUT2D eigenvalue weighted by Crippen LogP contribution is 2.24. The van der Waals surface area contributed by atoms with E-state index in [-0.39, 0.29) is 5.82 Å². The SMILES string of the molecule is Cc1[nH]c2cc(F)ccc2c1CCNC1CCOC(C(C)C)C1. The normalized spacial score (nSPS) is 22.1. The summed E-state index contributed by atoms with van der Waals surface area (Å²) in [5.74, 6) is 0.385. The van der Waals surface area contributed by atoms with Gasteiger partial charge in [-0.3, -0.25) is 0 Å². The van der Waals surface area contributed by atoms with Crippen molar-refractivity contribution in [1.29, 1.82) is 0 Å². The Balaban J connectivity index is 1.60. The van der Waals surface area contributed by atoms with E-state index in [9.17, 15) is 4.39 Å². The van der Waals surface area contributed by atoms with Crippen LogP contribution in [0.5, 0.6) is 0 Å². The third kappa shape index (κ3) is 3.75. The summed E-state index contributed by atoms with van der Waals surface area (Å²) >= 11 is 0. The Morgan fingerprint density at radius 3 is 3.00 bits per heavy atom. The van der Waals surface area contributed by atoms with Crippen molar-refractivity contribution in [3.05, 3.63) is 35.3 Å². The standard InChI is InChI=1S/C19H27FN2O/c1-12(2)19-11-15(7-9-23-19)21-8-6-16-13(3)22-18-10-14(20)4-5-17(16)18/h4-5,10,12,15,19,21-22H,6-9,11H2,1-3H3. The van der Waals surface area contributed by atoms with Gasteiger partial charge < -0.3 is 15.0 Å². The van der Waals surface area contributed by atoms with Gasteiger partial charge in [0.15, 0.2) is 0 Å². The number of aryl methyl sites for hydroxylation is 1. The molecule has 1 saturated heterocycles. The lowest BCUT2D eigenvalue weighted by molar-refractivity contribution is -0.0241. The molecule has 2 N–H and O–H groups in total. The molecule has 0 bridgehead atoms. The number of fused-ring (bicyclic) bond motifs is 1. The summed E-state index contributed by atoms with van der Waals surface area (Å²) in [6.45, 7) is 8.31. The summed E-state index contributed by atoms with van der Waals surface area (Å²) in [5, 5.41) is 4.82. The largest absolute Gasteiger partial charge is 0.378 e. The Bertz CT molecular complexity index is 665. The van der Waals surface area contributed by atoms with Gasteiger partial charge in [-0.05, 0) is 62.4 Å². The topological polar surface area (TPSA) is 37.0 Å². The fourth-order valence-electron chi connectivity index (χ4n) is 3.56. The molecular formula is C19H27FN2O. The van der Waals surface area contributed by atoms with Crippen LogP contribution in [0.3, 0.4) is 0 Å². The van der Waals surface area contributed by atoms with Crippen LogP contribution in [-0.4, -0.2) is 30.3 Å². The zero-order chi connectivity index (χ0) is 16.4. The number of hydrogen-bond donors (Lipinski definition) is 2. The van der Waals surface area contributed by atoms with E-state index in [1.54, 1.807) is 6.07 Å². The van der Waals surface area contributed by atoms with Gasteiger partial charge in [-0.2, -0.15) is 0 Å². The van der Waals surface area contributed by atoms with E-state index < -0.39 is 0 Å². The first-order valence-corrected chi connectivity index (χ1v) is 8.66. The summed E-state index contributed by atoms with van der Waals surface area (Å²) in [6.07, 6.45) is 3.51. The van der Waals surface area contributed by atoms with Gasteiger partial charge in [-0.15, -0.1) is 0 Å². The Labute approximate surface area is 137 Å². The van der Waals surface area contributed by atoms with E-state index in [4.69, 9.17) is 4.74 Å². The van der Waals surface area contributed by atoms with E-state index in [0.29, 0.717) is 18.1 Å². The molecule has 1 aromatic heterocycles. The molecule has 23 heavy (non-hydrogen) atoms. The number of aromatic amines is 1. The molecule has 2 unspecified atom stereocenters. The van der Waals surface area contributed by atoms with Gasteiger partial charge in [-0.25, -0.2) is 4.39 Å². The predicted octanol–water partition coefficient (Wildman–Crippen LogP) is 3.95. The molecule has 2 heterocycles. The molecule has 0 spiro atoms. The molecule has 1 fully saturated rings. The second-order valence-corrected chi connectivity index (χ2v) is 7.00. The van der Waals surface area contributed by atoms with Gasteiger partial charge in [0, 0.05) is 29.2 Å². The number of aromatic nitrogens is 1. The molecule has 0 amide bonds. The van der Waals surface area contributed by atoms with Crippen molar-refractivity contribution < 1.29 is 9.13 Å². The molecule has 2 atom stereocenters. The third-order valence-corrected chi connectivity index (χ3v) is 4.95. The summed E-state index contributed by atoms with van der Waals surface area (Å²) in [4.78, 5) is 3.29. The maximum Gasteiger partial charge on any atom is 0.125 e. The van der Waals surface area contributed by atoms with Gasteiger partial charge in [0.25, 0.3) is 0 Å². The van der Waals surface area contributed by atoms with Crippen LogP contribution in [0.15, 0.2) is 18.2 Å². The summed E-state index contributed by atoms with van der Waals surface area (Å²) < 4.78 is 19.2. The number of nitrogens with one attached hydrogen (secondary N) is 2. The first-order chi connectivity index (χ1) is 11.0. The summed E-state index contributed by atoms with van der Waals surface area (Å²) in [6, 6.07) is 5.54. The molecule has 2 aromatic rings. The van der Waals surface area contributed by atoms with E-state index in [1.165, 1.54) is 11.6 Å². The summed E-state index contributed by atoms with van der Waals surface area (Å²) in [7, 11) is 0. The Kier molecular flexibility index (Phi) is 5.02. The van der Waals surface area contributed by atoms with E-state index in [2.05, 4.69) is 31.1 Å². The smallest absolute Gasteiger partial charge is 0.125 e. The van der Waals surface area contributed by atoms with Crippen molar-refractivity contribution in [3.63, 3.8) is 0 Å². The predicted molar refractivity (Wildman–Crippen MR) is 92.3 cm³/mol. The molecule has 1 aromatic carbocycles. The van der Waals surface area contributed by atoms with Crippen LogP contribution >= 0.6 is 0 Å². The molecule has 1 aliphatic rings. The van der Waals surface area contributed by atoms with Crippen molar-refractivity contribution in [2.24, 2.45) is 5.92 Å². The zero-order valence-corrected chi connectivity index (χ0v) is 14.3. The van der Waals surface area contributed by atoms with E-state index in [0.717, 1.165) is 49.0 Å². The lowest BCUT2D eigenvalue weighted by atomic mass is 9.95. The number of H-pyrrole nitrogens is 1. The molecule has 3 nitrogen and oxygen atoms in total. The highest BCUT2D eigenvalue weighted by atomic mass is 19.1. The van der Waals surface area contributed by atoms with Crippen molar-refractivity contribution in [2.45, 2.75) is 52.2 Å². The fourth-order valence-corrected chi connectivity index (χ4v) is 3.56. The highest BCUT2D eigenvalue weighted by molar-refractivity contribution is 5.84. The zero-order valence-electron chi connectivity index (χ0n) is 14.3. The maximum absolute atomic E-state index is 13.3. The minimum atomic E-state index is -0.189. The van der Waals surface area contributed by atoms with Crippen LogP contribution in [0.2, 0.25) is 0 Å². The lowest BCUT2D eigenvalue weighted by Gasteiger charge is -2.32. The number of ether oxygens (including phenoxy) is 1. The molecule has 4 heteroatoms. The highest BCUT2D eigenvalue weighted by Gasteiger charge is 2.24. The Morgan fingerprint density at radius 2 is 2.22 bits per heavy atom. The first-order valence-electron chi connectivity index (χ1n) is 8.66. The van der Waals surface area contributed by atoms with Crippen molar-refractivity contribution in [1.82, 2.24) is 10.3 Å². The van der Waals surface area contributed by atoms with Crippen LogP contribution in [-0.2, 0) is 11.2 Å². The Hall–Kier alpha value is -1.39. The molecule has 1 aliphatic heterocycles. The van der Waals surface area contributed by atoms with Crippen LogP contribution in [0, 0.1) is 18.7 Å². The second kappa shape index (κ2) is 7.02. The number of rotatable bonds is 5. The average molecular weight is 318 g/mol. The van der Waals surface area contributed by atoms with Gasteiger partial charge in [-0.1, -0.05) is 13.8 Å². The maximum atomic E-state index is 13.3. The molecule has 0 aliphatic carbocycles. The molecule has 0 saturated carbocycles. The van der Waals surface area contributed by atoms with Gasteiger partial charge >= 0.3 is 0 Å². The van der Waals surface area contributed by atoms with Gasteiger partial charge in [0.05, 0.1) is 6.10 Å². The third-order valence-electron chi connectivity index (χ3n) is 4.95. The van der Waals surface area contributed by atoms with Gasteiger partial charge in [0.1, 0.15) is 5.82 Å². The van der Waals surface area contributed by atoms with Crippen LogP contribution in [0.25, 0.3) is 10.9 Å². The fraction of sp³-hybridized carbons (Fsp3) is 0.579. The number of halogens is 1. The monoisotopic (exact) mass is 318 g/mol. The van der Waals surface area contributed by atoms with Gasteiger partial charge in [0.2, 0.25) is 0 Å². The van der Waals surface area contributed by atoms with Crippen LogP contribution < -0.4 is 5.32 Å². The number of hydrogen-bond acceptors (Lipinski definition) is 2. The average Bonchev–Trinajstić information content (AvgIpc) is 2.82. The van der Waals surface area contributed by atoms with Crippen LogP contribution in [0.4, 0.5) is 4.39 Å². The number of benzene rings is 1. The van der Waals surface area contributed by atoms with Crippen molar-refractivity contribution in [2.75, 3.05) is 13.2 Å². The molecular weight excluding hydrogens is 291 g/mol. The minimum Gasteiger partial charge on any atom is -0.378 e. The van der Waals surface area contributed by atoms with E-state index in [1.807, 2.05) is 6.07 Å². The quantitative estimate of drug-likeness (QED) is 0.876. The molecule has 0 radical (unpaired) electrons. The molecule has 126 valence electrons. The van der Waals surface area contributed by atoms with Crippen LogP contribution in [0.1, 0.15) is 37.9 Å². The van der Waals surface area contributed by atoms with Crippen molar-refractivity contribution >= 4 is 10.9 Å². The minimum absolute atomic E-state index is 0.189. The van der Waals surface area contributed by atoms with E-state index >= 15 is 0 Å². The van der Waals surface area contributed by atoms with Crippen molar-refractivity contribution in [3.8, 4) is 0 Å².